The summed E-state index contributed by atoms with van der Waals surface area (Å²) in [7, 11) is 1.69. The molecule has 0 bridgehead atoms. The van der Waals surface area contributed by atoms with E-state index in [2.05, 4.69) is 6.92 Å². The highest BCUT2D eigenvalue weighted by molar-refractivity contribution is 7.99. The molecule has 3 heteroatoms. The molecule has 0 radical (unpaired) electrons. The van der Waals surface area contributed by atoms with Gasteiger partial charge in [0.1, 0.15) is 5.78 Å². The minimum absolute atomic E-state index is 0.160. The topological polar surface area (TPSA) is 26.3 Å². The predicted molar refractivity (Wildman–Crippen MR) is 58.3 cm³/mol. The van der Waals surface area contributed by atoms with Crippen LogP contribution in [0.1, 0.15) is 33.6 Å². The van der Waals surface area contributed by atoms with E-state index in [1.54, 1.807) is 18.9 Å². The molecule has 0 aromatic heterocycles. The quantitative estimate of drug-likeness (QED) is 0.637. The summed E-state index contributed by atoms with van der Waals surface area (Å²) >= 11 is 1.68. The lowest BCUT2D eigenvalue weighted by Gasteiger charge is -2.22. The molecule has 0 N–H and O–H groups in total. The van der Waals surface area contributed by atoms with Crippen molar-refractivity contribution in [2.75, 3.05) is 18.6 Å². The van der Waals surface area contributed by atoms with Crippen LogP contribution in [0.3, 0.4) is 0 Å². The summed E-state index contributed by atoms with van der Waals surface area (Å²) in [6, 6.07) is 0. The maximum absolute atomic E-state index is 11.3. The average Bonchev–Trinajstić information content (AvgIpc) is 2.11. The first-order chi connectivity index (χ1) is 6.02. The molecule has 0 saturated heterocycles. The number of thioether (sulfide) groups is 1. The summed E-state index contributed by atoms with van der Waals surface area (Å²) < 4.78 is 5.23. The maximum Gasteiger partial charge on any atom is 0.142 e. The van der Waals surface area contributed by atoms with E-state index in [0.717, 1.165) is 12.2 Å². The predicted octanol–water partition coefficient (Wildman–Crippen LogP) is 2.51. The number of rotatable bonds is 7. The third-order valence-corrected chi connectivity index (χ3v) is 2.96. The van der Waals surface area contributed by atoms with E-state index in [1.807, 2.05) is 13.8 Å². The Balaban J connectivity index is 3.57. The van der Waals surface area contributed by atoms with Crippen molar-refractivity contribution in [1.82, 2.24) is 0 Å². The van der Waals surface area contributed by atoms with Crippen molar-refractivity contribution in [3.05, 3.63) is 0 Å². The molecule has 0 rings (SSSR count). The highest BCUT2D eigenvalue weighted by atomic mass is 32.2. The largest absolute Gasteiger partial charge is 0.379 e. The van der Waals surface area contributed by atoms with Gasteiger partial charge in [-0.2, -0.15) is 11.8 Å². The van der Waals surface area contributed by atoms with Gasteiger partial charge in [0, 0.05) is 13.5 Å². The Kier molecular flexibility index (Phi) is 6.43. The molecular weight excluding hydrogens is 184 g/mol. The highest BCUT2D eigenvalue weighted by Crippen LogP contribution is 2.16. The molecule has 78 valence electrons. The first kappa shape index (κ1) is 13.0. The fraction of sp³-hybridized carbons (Fsp3) is 0.900. The number of methoxy groups -OCH3 is 1. The molecule has 0 amide bonds. The lowest BCUT2D eigenvalue weighted by atomic mass is 10.0. The minimum Gasteiger partial charge on any atom is -0.379 e. The summed E-state index contributed by atoms with van der Waals surface area (Å²) in [6.45, 7) is 6.08. The lowest BCUT2D eigenvalue weighted by Crippen LogP contribution is -2.23. The van der Waals surface area contributed by atoms with Gasteiger partial charge in [0.2, 0.25) is 0 Å². The van der Waals surface area contributed by atoms with Gasteiger partial charge in [-0.25, -0.2) is 0 Å². The van der Waals surface area contributed by atoms with Crippen LogP contribution in [0.4, 0.5) is 0 Å². The van der Waals surface area contributed by atoms with E-state index in [0.29, 0.717) is 18.0 Å². The maximum atomic E-state index is 11.3. The van der Waals surface area contributed by atoms with Gasteiger partial charge in [0.05, 0.1) is 11.4 Å². The average molecular weight is 204 g/mol. The van der Waals surface area contributed by atoms with Gasteiger partial charge in [-0.05, 0) is 26.0 Å². The van der Waals surface area contributed by atoms with Crippen LogP contribution in [-0.4, -0.2) is 30.0 Å². The Morgan fingerprint density at radius 1 is 1.46 bits per heavy atom. The summed E-state index contributed by atoms with van der Waals surface area (Å²) in [5.74, 6) is 1.99. The van der Waals surface area contributed by atoms with Gasteiger partial charge in [-0.15, -0.1) is 0 Å². The molecule has 0 heterocycles. The molecule has 0 spiro atoms. The van der Waals surface area contributed by atoms with Crippen LogP contribution in [-0.2, 0) is 9.53 Å². The molecular formula is C10H20O2S. The van der Waals surface area contributed by atoms with Crippen molar-refractivity contribution < 1.29 is 9.53 Å². The zero-order chi connectivity index (χ0) is 10.3. The molecule has 0 saturated carbocycles. The zero-order valence-corrected chi connectivity index (χ0v) is 9.87. The zero-order valence-electron chi connectivity index (χ0n) is 9.05. The standard InChI is InChI=1S/C10H20O2S/c1-5-13-8-9(11)6-7-10(2,3)12-4/h5-8H2,1-4H3. The smallest absolute Gasteiger partial charge is 0.142 e. The van der Waals surface area contributed by atoms with Crippen molar-refractivity contribution in [3.63, 3.8) is 0 Å². The normalized spacial score (nSPS) is 11.7. The molecule has 0 aliphatic rings. The van der Waals surface area contributed by atoms with Crippen LogP contribution in [0, 0.1) is 0 Å². The van der Waals surface area contributed by atoms with E-state index in [9.17, 15) is 4.79 Å². The van der Waals surface area contributed by atoms with Crippen molar-refractivity contribution in [2.24, 2.45) is 0 Å². The third kappa shape index (κ3) is 7.08. The third-order valence-electron chi connectivity index (χ3n) is 2.03. The van der Waals surface area contributed by atoms with Gasteiger partial charge in [-0.1, -0.05) is 6.92 Å². The van der Waals surface area contributed by atoms with E-state index in [-0.39, 0.29) is 5.60 Å². The fourth-order valence-corrected chi connectivity index (χ4v) is 1.41. The van der Waals surface area contributed by atoms with Gasteiger partial charge < -0.3 is 4.74 Å². The monoisotopic (exact) mass is 204 g/mol. The summed E-state index contributed by atoms with van der Waals surface area (Å²) in [5.41, 5.74) is -0.160. The molecule has 2 nitrogen and oxygen atoms in total. The van der Waals surface area contributed by atoms with Gasteiger partial charge in [0.25, 0.3) is 0 Å². The number of Topliss-reactive ketones (excluding diaryl/α,β-unsaturated/α-hetero) is 1. The van der Waals surface area contributed by atoms with Crippen molar-refractivity contribution in [3.8, 4) is 0 Å². The number of ketones is 1. The van der Waals surface area contributed by atoms with E-state index >= 15 is 0 Å². The second kappa shape index (κ2) is 6.44. The van der Waals surface area contributed by atoms with E-state index in [1.165, 1.54) is 0 Å². The molecule has 0 aliphatic heterocycles. The number of carbonyl (C=O) groups is 1. The van der Waals surface area contributed by atoms with Crippen LogP contribution in [0.5, 0.6) is 0 Å². The van der Waals surface area contributed by atoms with Gasteiger partial charge in [0.15, 0.2) is 0 Å². The van der Waals surface area contributed by atoms with Gasteiger partial charge >= 0.3 is 0 Å². The van der Waals surface area contributed by atoms with Crippen LogP contribution in [0.2, 0.25) is 0 Å². The van der Waals surface area contributed by atoms with Crippen molar-refractivity contribution >= 4 is 17.5 Å². The summed E-state index contributed by atoms with van der Waals surface area (Å²) in [5, 5.41) is 0. The molecule has 0 fully saturated rings. The number of ether oxygens (including phenoxy) is 1. The van der Waals surface area contributed by atoms with Crippen LogP contribution in [0.25, 0.3) is 0 Å². The van der Waals surface area contributed by atoms with Crippen LogP contribution in [0.15, 0.2) is 0 Å². The molecule has 13 heavy (non-hydrogen) atoms. The fourth-order valence-electron chi connectivity index (χ4n) is 0.831. The summed E-state index contributed by atoms with van der Waals surface area (Å²) in [6.07, 6.45) is 1.44. The molecule has 0 atom stereocenters. The second-order valence-electron chi connectivity index (χ2n) is 3.64. The Morgan fingerprint density at radius 2 is 2.08 bits per heavy atom. The van der Waals surface area contributed by atoms with Crippen LogP contribution < -0.4 is 0 Å². The number of hydrogen-bond donors (Lipinski definition) is 0. The molecule has 0 aromatic rings. The number of carbonyl (C=O) groups excluding carboxylic acids is 1. The summed E-state index contributed by atoms with van der Waals surface area (Å²) in [4.78, 5) is 11.3. The Labute approximate surface area is 85.4 Å². The lowest BCUT2D eigenvalue weighted by molar-refractivity contribution is -0.118. The van der Waals surface area contributed by atoms with Gasteiger partial charge in [-0.3, -0.25) is 4.79 Å². The van der Waals surface area contributed by atoms with Crippen molar-refractivity contribution in [1.29, 1.82) is 0 Å². The Morgan fingerprint density at radius 3 is 2.54 bits per heavy atom. The van der Waals surface area contributed by atoms with E-state index < -0.39 is 0 Å². The first-order valence-corrected chi connectivity index (χ1v) is 5.82. The van der Waals surface area contributed by atoms with Crippen LogP contribution >= 0.6 is 11.8 Å². The molecule has 0 aromatic carbocycles. The number of hydrogen-bond acceptors (Lipinski definition) is 3. The molecule has 0 unspecified atom stereocenters. The SMILES string of the molecule is CCSCC(=O)CCC(C)(C)OC. The Bertz CT molecular complexity index is 155. The van der Waals surface area contributed by atoms with E-state index in [4.69, 9.17) is 4.74 Å². The molecule has 0 aliphatic carbocycles. The van der Waals surface area contributed by atoms with Crippen molar-refractivity contribution in [2.45, 2.75) is 39.2 Å². The Hall–Kier alpha value is -0.0200. The second-order valence-corrected chi connectivity index (χ2v) is 4.91. The first-order valence-electron chi connectivity index (χ1n) is 4.66. The minimum atomic E-state index is -0.160. The highest BCUT2D eigenvalue weighted by Gasteiger charge is 2.17.